The van der Waals surface area contributed by atoms with E-state index < -0.39 is 17.8 Å². The van der Waals surface area contributed by atoms with Gasteiger partial charge in [0, 0.05) is 69.3 Å². The second-order valence-corrected chi connectivity index (χ2v) is 10.5. The molecule has 0 spiro atoms. The van der Waals surface area contributed by atoms with Crippen LogP contribution in [-0.4, -0.2) is 103 Å². The van der Waals surface area contributed by atoms with E-state index in [1.807, 2.05) is 32.0 Å². The van der Waals surface area contributed by atoms with Gasteiger partial charge in [0.1, 0.15) is 5.75 Å². The molecular weight excluding hydrogens is 558 g/mol. The number of carboxylic acids is 2. The summed E-state index contributed by atoms with van der Waals surface area (Å²) in [5.41, 5.74) is 8.33. The Balaban J connectivity index is 0.000000557. The number of aromatic nitrogens is 2. The number of carbonyl (C=O) groups is 3. The quantitative estimate of drug-likeness (QED) is 0.250. The zero-order valence-corrected chi connectivity index (χ0v) is 25.0. The highest BCUT2D eigenvalue weighted by Gasteiger charge is 2.23. The molecule has 4 rings (SSSR count). The summed E-state index contributed by atoms with van der Waals surface area (Å²) in [6, 6.07) is 6.16. The van der Waals surface area contributed by atoms with Crippen molar-refractivity contribution in [3.8, 4) is 5.75 Å². The first-order valence-electron chi connectivity index (χ1n) is 14.1. The molecule has 43 heavy (non-hydrogen) atoms. The number of amides is 1. The number of piperazine rings is 1. The molecule has 1 aromatic carbocycles. The number of anilines is 4. The smallest absolute Gasteiger partial charge is 0.328 e. The molecule has 2 saturated heterocycles. The van der Waals surface area contributed by atoms with Crippen molar-refractivity contribution in [2.24, 2.45) is 5.73 Å². The fourth-order valence-electron chi connectivity index (χ4n) is 4.59. The summed E-state index contributed by atoms with van der Waals surface area (Å²) >= 11 is 0. The van der Waals surface area contributed by atoms with Crippen LogP contribution < -0.4 is 26.0 Å². The average molecular weight is 600 g/mol. The lowest BCUT2D eigenvalue weighted by Crippen LogP contribution is -2.44. The standard InChI is InChI=1S/C25H37N7O3.C4H4O4/c1-16(2)21-24(27-17-7-13-35-14-8-17)30-25(22(29-21)23(26)33)28-18-5-6-19(20(15-18)34-4)32-11-9-31(3)10-12-32;5-3(6)1-2-4(7)8/h5-6,15-17H,7-14H2,1-4H3,(H2,26,33)(H2,27,28,30);1-2H,(H,5,6)(H,7,8)/b;2-1+. The molecule has 6 N–H and O–H groups in total. The van der Waals surface area contributed by atoms with E-state index in [-0.39, 0.29) is 17.7 Å². The summed E-state index contributed by atoms with van der Waals surface area (Å²) in [5, 5.41) is 22.4. The molecule has 0 aliphatic carbocycles. The minimum Gasteiger partial charge on any atom is -0.495 e. The zero-order chi connectivity index (χ0) is 31.5. The van der Waals surface area contributed by atoms with E-state index in [0.29, 0.717) is 37.0 Å². The Kier molecular flexibility index (Phi) is 12.1. The van der Waals surface area contributed by atoms with E-state index in [9.17, 15) is 14.4 Å². The average Bonchev–Trinajstić information content (AvgIpc) is 2.97. The summed E-state index contributed by atoms with van der Waals surface area (Å²) < 4.78 is 11.2. The molecule has 234 valence electrons. The molecule has 2 aliphatic rings. The number of nitrogens with one attached hydrogen (secondary N) is 2. The van der Waals surface area contributed by atoms with Gasteiger partial charge in [-0.3, -0.25) is 4.79 Å². The molecule has 2 aliphatic heterocycles. The van der Waals surface area contributed by atoms with Gasteiger partial charge in [0.15, 0.2) is 17.3 Å². The molecule has 2 fully saturated rings. The van der Waals surface area contributed by atoms with Gasteiger partial charge in [0.2, 0.25) is 0 Å². The second-order valence-electron chi connectivity index (χ2n) is 10.5. The molecule has 14 nitrogen and oxygen atoms in total. The molecule has 3 heterocycles. The Morgan fingerprint density at radius 1 is 1.05 bits per heavy atom. The van der Waals surface area contributed by atoms with Crippen molar-refractivity contribution in [3.63, 3.8) is 0 Å². The van der Waals surface area contributed by atoms with Gasteiger partial charge in [0.25, 0.3) is 5.91 Å². The van der Waals surface area contributed by atoms with Crippen LogP contribution in [0.25, 0.3) is 0 Å². The summed E-state index contributed by atoms with van der Waals surface area (Å²) in [6.07, 6.45) is 2.90. The van der Waals surface area contributed by atoms with Crippen LogP contribution in [-0.2, 0) is 14.3 Å². The molecule has 0 saturated carbocycles. The lowest BCUT2D eigenvalue weighted by atomic mass is 10.1. The summed E-state index contributed by atoms with van der Waals surface area (Å²) in [7, 11) is 3.80. The zero-order valence-electron chi connectivity index (χ0n) is 25.0. The number of carboxylic acid groups (broad SMARTS) is 2. The maximum atomic E-state index is 12.3. The van der Waals surface area contributed by atoms with E-state index in [4.69, 9.17) is 30.4 Å². The van der Waals surface area contributed by atoms with Crippen molar-refractivity contribution < 1.29 is 34.1 Å². The number of methoxy groups -OCH3 is 1. The number of likely N-dealkylation sites (N-methyl/N-ethyl adjacent to an activating group) is 1. The highest BCUT2D eigenvalue weighted by atomic mass is 16.5. The Morgan fingerprint density at radius 2 is 1.67 bits per heavy atom. The van der Waals surface area contributed by atoms with Crippen LogP contribution in [0.2, 0.25) is 0 Å². The van der Waals surface area contributed by atoms with E-state index in [2.05, 4.69) is 32.5 Å². The molecular formula is C29H41N7O7. The first-order valence-corrected chi connectivity index (χ1v) is 14.1. The predicted octanol–water partition coefficient (Wildman–Crippen LogP) is 2.51. The third-order valence-electron chi connectivity index (χ3n) is 6.92. The number of ether oxygens (including phenoxy) is 2. The Labute approximate surface area is 250 Å². The first kappa shape index (κ1) is 33.1. The van der Waals surface area contributed by atoms with Gasteiger partial charge in [-0.1, -0.05) is 13.8 Å². The van der Waals surface area contributed by atoms with Gasteiger partial charge in [-0.05, 0) is 37.9 Å². The lowest BCUT2D eigenvalue weighted by molar-refractivity contribution is -0.134. The molecule has 0 bridgehead atoms. The number of primary amides is 1. The SMILES string of the molecule is COc1cc(Nc2nc(NC3CCOCC3)c(C(C)C)nc2C(N)=O)ccc1N1CCN(C)CC1.O=C(O)/C=C/C(=O)O. The first-order chi connectivity index (χ1) is 20.5. The van der Waals surface area contributed by atoms with Crippen LogP contribution in [0.3, 0.4) is 0 Å². The number of hydrogen-bond donors (Lipinski definition) is 5. The van der Waals surface area contributed by atoms with Crippen molar-refractivity contribution in [1.82, 2.24) is 14.9 Å². The summed E-state index contributed by atoms with van der Waals surface area (Å²) in [6.45, 7) is 9.37. The fourth-order valence-corrected chi connectivity index (χ4v) is 4.59. The number of nitrogens with two attached hydrogens (primary N) is 1. The van der Waals surface area contributed by atoms with Crippen LogP contribution in [0.5, 0.6) is 5.75 Å². The molecule has 0 radical (unpaired) electrons. The van der Waals surface area contributed by atoms with Gasteiger partial charge in [-0.2, -0.15) is 0 Å². The van der Waals surface area contributed by atoms with Gasteiger partial charge >= 0.3 is 11.9 Å². The number of carbonyl (C=O) groups excluding carboxylic acids is 1. The van der Waals surface area contributed by atoms with Crippen molar-refractivity contribution in [2.45, 2.75) is 38.6 Å². The molecule has 1 amide bonds. The van der Waals surface area contributed by atoms with Gasteiger partial charge in [-0.15, -0.1) is 0 Å². The number of rotatable bonds is 10. The maximum Gasteiger partial charge on any atom is 0.328 e. The Morgan fingerprint density at radius 3 is 2.21 bits per heavy atom. The van der Waals surface area contributed by atoms with Crippen molar-refractivity contribution in [2.75, 3.05) is 69.1 Å². The number of nitrogens with zero attached hydrogens (tertiary/aromatic N) is 4. The second kappa shape index (κ2) is 15.7. The predicted molar refractivity (Wildman–Crippen MR) is 163 cm³/mol. The Bertz CT molecular complexity index is 1290. The fraction of sp³-hybridized carbons (Fsp3) is 0.483. The monoisotopic (exact) mass is 599 g/mol. The highest BCUT2D eigenvalue weighted by Crippen LogP contribution is 2.34. The third-order valence-corrected chi connectivity index (χ3v) is 6.92. The van der Waals surface area contributed by atoms with Gasteiger partial charge < -0.3 is 45.9 Å². The number of benzene rings is 1. The number of aliphatic carboxylic acids is 2. The molecule has 2 aromatic rings. The van der Waals surface area contributed by atoms with Crippen LogP contribution in [0.4, 0.5) is 23.0 Å². The van der Waals surface area contributed by atoms with Crippen molar-refractivity contribution in [1.29, 1.82) is 0 Å². The lowest BCUT2D eigenvalue weighted by Gasteiger charge is -2.34. The third kappa shape index (κ3) is 9.82. The van der Waals surface area contributed by atoms with Crippen molar-refractivity contribution in [3.05, 3.63) is 41.7 Å². The van der Waals surface area contributed by atoms with Crippen molar-refractivity contribution >= 4 is 40.9 Å². The number of hydrogen-bond acceptors (Lipinski definition) is 11. The van der Waals surface area contributed by atoms with Crippen LogP contribution in [0.15, 0.2) is 30.4 Å². The minimum absolute atomic E-state index is 0.0694. The molecule has 0 atom stereocenters. The normalized spacial score (nSPS) is 16.0. The van der Waals surface area contributed by atoms with Gasteiger partial charge in [-0.25, -0.2) is 19.6 Å². The van der Waals surface area contributed by atoms with E-state index in [1.54, 1.807) is 7.11 Å². The molecule has 14 heteroatoms. The van der Waals surface area contributed by atoms with Crippen LogP contribution in [0, 0.1) is 0 Å². The van der Waals surface area contributed by atoms with Gasteiger partial charge in [0.05, 0.1) is 18.5 Å². The maximum absolute atomic E-state index is 12.3. The topological polar surface area (TPSA) is 192 Å². The Hall–Kier alpha value is -4.43. The highest BCUT2D eigenvalue weighted by molar-refractivity contribution is 5.96. The minimum atomic E-state index is -1.26. The van der Waals surface area contributed by atoms with E-state index in [0.717, 1.165) is 61.8 Å². The summed E-state index contributed by atoms with van der Waals surface area (Å²) in [4.78, 5) is 45.5. The molecule has 0 unspecified atom stereocenters. The van der Waals surface area contributed by atoms with Crippen LogP contribution in [0.1, 0.15) is 48.8 Å². The van der Waals surface area contributed by atoms with E-state index in [1.165, 1.54) is 0 Å². The largest absolute Gasteiger partial charge is 0.495 e. The summed E-state index contributed by atoms with van der Waals surface area (Å²) in [5.74, 6) is -1.32. The van der Waals surface area contributed by atoms with E-state index >= 15 is 0 Å². The van der Waals surface area contributed by atoms with Crippen LogP contribution >= 0.6 is 0 Å². The molecule has 1 aromatic heterocycles.